The van der Waals surface area contributed by atoms with E-state index >= 15 is 0 Å². The standard InChI is InChI=1S/C17H28N4/c1-13(2)12-21(16-5-3-4-6-16)17-10-9-15(19-20-17)11-18-14-7-8-14/h9-10,13-14,16,18H,3-8,11-12H2,1-2H3. The van der Waals surface area contributed by atoms with Crippen molar-refractivity contribution in [1.29, 1.82) is 0 Å². The number of rotatable bonds is 7. The lowest BCUT2D eigenvalue weighted by Crippen LogP contribution is -2.37. The van der Waals surface area contributed by atoms with E-state index in [0.29, 0.717) is 12.0 Å². The lowest BCUT2D eigenvalue weighted by atomic mass is 10.1. The normalized spacial score (nSPS) is 19.4. The highest BCUT2D eigenvalue weighted by Crippen LogP contribution is 2.27. The van der Waals surface area contributed by atoms with Crippen LogP contribution in [0, 0.1) is 5.92 Å². The maximum absolute atomic E-state index is 4.51. The van der Waals surface area contributed by atoms with E-state index in [2.05, 4.69) is 46.4 Å². The van der Waals surface area contributed by atoms with Crippen molar-refractivity contribution in [3.8, 4) is 0 Å². The van der Waals surface area contributed by atoms with Crippen LogP contribution in [0.5, 0.6) is 0 Å². The molecule has 0 aliphatic heterocycles. The topological polar surface area (TPSA) is 41.0 Å². The molecule has 4 heteroatoms. The lowest BCUT2D eigenvalue weighted by molar-refractivity contribution is 0.528. The number of hydrogen-bond acceptors (Lipinski definition) is 4. The maximum atomic E-state index is 4.51. The molecule has 4 nitrogen and oxygen atoms in total. The second-order valence-electron chi connectivity index (χ2n) is 7.02. The molecular weight excluding hydrogens is 260 g/mol. The molecule has 1 heterocycles. The van der Waals surface area contributed by atoms with Crippen molar-refractivity contribution in [2.24, 2.45) is 5.92 Å². The molecule has 21 heavy (non-hydrogen) atoms. The summed E-state index contributed by atoms with van der Waals surface area (Å²) in [6.45, 7) is 6.50. The Hall–Kier alpha value is -1.16. The van der Waals surface area contributed by atoms with Crippen LogP contribution in [-0.2, 0) is 6.54 Å². The van der Waals surface area contributed by atoms with Crippen LogP contribution in [0.2, 0.25) is 0 Å². The molecule has 0 aromatic carbocycles. The first kappa shape index (κ1) is 14.8. The van der Waals surface area contributed by atoms with Crippen molar-refractivity contribution >= 4 is 5.82 Å². The number of nitrogens with zero attached hydrogens (tertiary/aromatic N) is 3. The van der Waals surface area contributed by atoms with Crippen LogP contribution in [-0.4, -0.2) is 28.8 Å². The molecule has 2 aliphatic rings. The molecule has 1 aromatic heterocycles. The molecule has 0 atom stereocenters. The number of aromatic nitrogens is 2. The van der Waals surface area contributed by atoms with Crippen molar-refractivity contribution in [3.63, 3.8) is 0 Å². The monoisotopic (exact) mass is 288 g/mol. The van der Waals surface area contributed by atoms with Gasteiger partial charge in [-0.15, -0.1) is 5.10 Å². The summed E-state index contributed by atoms with van der Waals surface area (Å²) in [5.41, 5.74) is 1.06. The van der Waals surface area contributed by atoms with Gasteiger partial charge in [-0.3, -0.25) is 0 Å². The van der Waals surface area contributed by atoms with E-state index in [1.807, 2.05) is 0 Å². The lowest BCUT2D eigenvalue weighted by Gasteiger charge is -2.31. The average molecular weight is 288 g/mol. The van der Waals surface area contributed by atoms with Crippen molar-refractivity contribution in [2.45, 2.75) is 71.0 Å². The molecule has 0 amide bonds. The fraction of sp³-hybridized carbons (Fsp3) is 0.765. The summed E-state index contributed by atoms with van der Waals surface area (Å²) in [6.07, 6.45) is 7.95. The summed E-state index contributed by atoms with van der Waals surface area (Å²) in [5.74, 6) is 1.72. The van der Waals surface area contributed by atoms with E-state index < -0.39 is 0 Å². The summed E-state index contributed by atoms with van der Waals surface area (Å²) in [6, 6.07) is 5.69. The van der Waals surface area contributed by atoms with Crippen LogP contribution in [0.4, 0.5) is 5.82 Å². The first-order valence-electron chi connectivity index (χ1n) is 8.55. The summed E-state index contributed by atoms with van der Waals surface area (Å²) in [4.78, 5) is 2.49. The molecule has 116 valence electrons. The Morgan fingerprint density at radius 2 is 1.90 bits per heavy atom. The zero-order chi connectivity index (χ0) is 14.7. The number of nitrogens with one attached hydrogen (secondary N) is 1. The van der Waals surface area contributed by atoms with Gasteiger partial charge >= 0.3 is 0 Å². The van der Waals surface area contributed by atoms with Crippen molar-refractivity contribution in [3.05, 3.63) is 17.8 Å². The Labute approximate surface area is 128 Å². The summed E-state index contributed by atoms with van der Waals surface area (Å²) < 4.78 is 0. The van der Waals surface area contributed by atoms with Gasteiger partial charge in [-0.2, -0.15) is 5.10 Å². The predicted molar refractivity (Wildman–Crippen MR) is 86.3 cm³/mol. The minimum atomic E-state index is 0.656. The molecule has 2 saturated carbocycles. The molecule has 2 fully saturated rings. The van der Waals surface area contributed by atoms with Crippen LogP contribution in [0.25, 0.3) is 0 Å². The van der Waals surface area contributed by atoms with Crippen LogP contribution >= 0.6 is 0 Å². The predicted octanol–water partition coefficient (Wildman–Crippen LogP) is 3.13. The Morgan fingerprint density at radius 3 is 2.48 bits per heavy atom. The maximum Gasteiger partial charge on any atom is 0.151 e. The highest BCUT2D eigenvalue weighted by atomic mass is 15.3. The molecule has 1 aromatic rings. The molecule has 2 aliphatic carbocycles. The quantitative estimate of drug-likeness (QED) is 0.837. The van der Waals surface area contributed by atoms with E-state index in [9.17, 15) is 0 Å². The fourth-order valence-electron chi connectivity index (χ4n) is 3.18. The van der Waals surface area contributed by atoms with Crippen molar-refractivity contribution in [1.82, 2.24) is 15.5 Å². The first-order chi connectivity index (χ1) is 10.2. The van der Waals surface area contributed by atoms with Crippen LogP contribution in [0.3, 0.4) is 0 Å². The molecule has 0 spiro atoms. The molecule has 3 rings (SSSR count). The van der Waals surface area contributed by atoms with Crippen LogP contribution in [0.15, 0.2) is 12.1 Å². The minimum absolute atomic E-state index is 0.656. The Kier molecular flexibility index (Phi) is 4.73. The summed E-state index contributed by atoms with van der Waals surface area (Å²) in [5, 5.41) is 12.4. The highest BCUT2D eigenvalue weighted by Gasteiger charge is 2.25. The third-order valence-electron chi connectivity index (χ3n) is 4.48. The van der Waals surface area contributed by atoms with Crippen LogP contribution in [0.1, 0.15) is 58.1 Å². The van der Waals surface area contributed by atoms with E-state index in [4.69, 9.17) is 0 Å². The van der Waals surface area contributed by atoms with Gasteiger partial charge in [-0.05, 0) is 43.7 Å². The Morgan fingerprint density at radius 1 is 1.14 bits per heavy atom. The summed E-state index contributed by atoms with van der Waals surface area (Å²) in [7, 11) is 0. The van der Waals surface area contributed by atoms with E-state index in [1.165, 1.54) is 38.5 Å². The Balaban J connectivity index is 1.65. The third-order valence-corrected chi connectivity index (χ3v) is 4.48. The first-order valence-corrected chi connectivity index (χ1v) is 8.55. The molecule has 0 bridgehead atoms. The molecular formula is C17H28N4. The average Bonchev–Trinajstić information content (AvgIpc) is 3.15. The van der Waals surface area contributed by atoms with Gasteiger partial charge in [0.05, 0.1) is 5.69 Å². The van der Waals surface area contributed by atoms with Gasteiger partial charge in [0.25, 0.3) is 0 Å². The van der Waals surface area contributed by atoms with Gasteiger partial charge < -0.3 is 10.2 Å². The largest absolute Gasteiger partial charge is 0.352 e. The molecule has 0 radical (unpaired) electrons. The second kappa shape index (κ2) is 6.73. The van der Waals surface area contributed by atoms with Gasteiger partial charge in [0.1, 0.15) is 0 Å². The highest BCUT2D eigenvalue weighted by molar-refractivity contribution is 5.39. The zero-order valence-electron chi connectivity index (χ0n) is 13.4. The third kappa shape index (κ3) is 4.16. The van der Waals surface area contributed by atoms with E-state index in [0.717, 1.165) is 30.6 Å². The smallest absolute Gasteiger partial charge is 0.151 e. The second-order valence-corrected chi connectivity index (χ2v) is 7.02. The van der Waals surface area contributed by atoms with Crippen molar-refractivity contribution < 1.29 is 0 Å². The zero-order valence-corrected chi connectivity index (χ0v) is 13.4. The fourth-order valence-corrected chi connectivity index (χ4v) is 3.18. The number of hydrogen-bond donors (Lipinski definition) is 1. The molecule has 1 N–H and O–H groups in total. The van der Waals surface area contributed by atoms with Crippen LogP contribution < -0.4 is 10.2 Å². The SMILES string of the molecule is CC(C)CN(c1ccc(CNC2CC2)nn1)C1CCCC1. The Bertz CT molecular complexity index is 433. The van der Waals surface area contributed by atoms with Gasteiger partial charge in [0, 0.05) is 25.2 Å². The van der Waals surface area contributed by atoms with Gasteiger partial charge in [-0.1, -0.05) is 26.7 Å². The minimum Gasteiger partial charge on any atom is -0.352 e. The summed E-state index contributed by atoms with van der Waals surface area (Å²) >= 11 is 0. The van der Waals surface area contributed by atoms with E-state index in [1.54, 1.807) is 0 Å². The molecule has 0 unspecified atom stereocenters. The molecule has 0 saturated heterocycles. The van der Waals surface area contributed by atoms with Gasteiger partial charge in [0.2, 0.25) is 0 Å². The van der Waals surface area contributed by atoms with Gasteiger partial charge in [0.15, 0.2) is 5.82 Å². The van der Waals surface area contributed by atoms with Gasteiger partial charge in [-0.25, -0.2) is 0 Å². The van der Waals surface area contributed by atoms with Crippen molar-refractivity contribution in [2.75, 3.05) is 11.4 Å². The van der Waals surface area contributed by atoms with E-state index in [-0.39, 0.29) is 0 Å². The number of anilines is 1.